The maximum absolute atomic E-state index is 13.2. The summed E-state index contributed by atoms with van der Waals surface area (Å²) >= 11 is 6.16. The number of nitrogens with one attached hydrogen (secondary N) is 2. The molecule has 0 radical (unpaired) electrons. The molecule has 188 valence electrons. The molecule has 0 spiro atoms. The second-order valence-corrected chi connectivity index (χ2v) is 8.91. The molecule has 2 N–H and O–H groups in total. The van der Waals surface area contributed by atoms with Crippen molar-refractivity contribution in [1.82, 2.24) is 5.32 Å². The number of carbonyl (C=O) groups is 4. The van der Waals surface area contributed by atoms with E-state index in [-0.39, 0.29) is 23.8 Å². The summed E-state index contributed by atoms with van der Waals surface area (Å²) in [7, 11) is 0. The van der Waals surface area contributed by atoms with Crippen LogP contribution in [0.15, 0.2) is 66.2 Å². The summed E-state index contributed by atoms with van der Waals surface area (Å²) < 4.78 is 5.62. The minimum absolute atomic E-state index is 0.233. The molecular weight excluding hydrogens is 494 g/mol. The lowest BCUT2D eigenvalue weighted by atomic mass is 10.1. The van der Waals surface area contributed by atoms with Gasteiger partial charge in [-0.2, -0.15) is 0 Å². The Morgan fingerprint density at radius 2 is 1.73 bits per heavy atom. The van der Waals surface area contributed by atoms with Crippen LogP contribution in [0.4, 0.5) is 16.2 Å². The minimum Gasteiger partial charge on any atom is -0.484 e. The highest BCUT2D eigenvalue weighted by molar-refractivity contribution is 6.40. The number of rotatable bonds is 6. The first kappa shape index (κ1) is 25.7. The number of amides is 5. The number of ether oxygens (including phenoxy) is 1. The largest absolute Gasteiger partial charge is 0.484 e. The van der Waals surface area contributed by atoms with Gasteiger partial charge in [0.1, 0.15) is 11.3 Å². The van der Waals surface area contributed by atoms with E-state index in [1.54, 1.807) is 49.4 Å². The van der Waals surface area contributed by atoms with Crippen LogP contribution in [-0.4, -0.2) is 30.4 Å². The van der Waals surface area contributed by atoms with Gasteiger partial charge in [0.05, 0.1) is 5.69 Å². The Bertz CT molecular complexity index is 1460. The molecule has 0 unspecified atom stereocenters. The van der Waals surface area contributed by atoms with E-state index in [0.717, 1.165) is 16.0 Å². The number of hydrogen-bond donors (Lipinski definition) is 2. The summed E-state index contributed by atoms with van der Waals surface area (Å²) in [5.41, 5.74) is 3.79. The van der Waals surface area contributed by atoms with Crippen LogP contribution >= 0.6 is 11.6 Å². The Labute approximate surface area is 218 Å². The number of carbonyl (C=O) groups excluding carboxylic acids is 4. The Balaban J connectivity index is 1.51. The predicted molar refractivity (Wildman–Crippen MR) is 142 cm³/mol. The SMILES string of the molecule is Cc1cccc(NC(=O)COc2cccc(/C=C3/C(=O)NC(=O)N(c4cccc(Cl)c4C)C3=O)c2)c1C. The molecule has 1 fully saturated rings. The number of imide groups is 2. The topological polar surface area (TPSA) is 105 Å². The Kier molecular flexibility index (Phi) is 7.40. The van der Waals surface area contributed by atoms with E-state index in [9.17, 15) is 19.2 Å². The van der Waals surface area contributed by atoms with Gasteiger partial charge in [0.15, 0.2) is 6.61 Å². The van der Waals surface area contributed by atoms with Gasteiger partial charge in [-0.25, -0.2) is 9.69 Å². The molecule has 1 aliphatic heterocycles. The third-order valence-corrected chi connectivity index (χ3v) is 6.41. The van der Waals surface area contributed by atoms with Gasteiger partial charge in [0, 0.05) is 10.7 Å². The van der Waals surface area contributed by atoms with Gasteiger partial charge < -0.3 is 10.1 Å². The average molecular weight is 518 g/mol. The summed E-state index contributed by atoms with van der Waals surface area (Å²) in [6, 6.07) is 16.2. The number of benzene rings is 3. The maximum atomic E-state index is 13.2. The molecule has 0 bridgehead atoms. The summed E-state index contributed by atoms with van der Waals surface area (Å²) in [6.45, 7) is 5.33. The van der Waals surface area contributed by atoms with Crippen molar-refractivity contribution in [3.05, 3.63) is 93.5 Å². The van der Waals surface area contributed by atoms with Gasteiger partial charge in [0.2, 0.25) is 0 Å². The highest BCUT2D eigenvalue weighted by atomic mass is 35.5. The van der Waals surface area contributed by atoms with Crippen LogP contribution in [0.1, 0.15) is 22.3 Å². The molecule has 3 aromatic rings. The lowest BCUT2D eigenvalue weighted by molar-refractivity contribution is -0.122. The van der Waals surface area contributed by atoms with Gasteiger partial charge in [-0.05, 0) is 79.4 Å². The highest BCUT2D eigenvalue weighted by Gasteiger charge is 2.37. The number of halogens is 1. The molecule has 1 aliphatic rings. The van der Waals surface area contributed by atoms with E-state index >= 15 is 0 Å². The molecule has 0 aromatic heterocycles. The van der Waals surface area contributed by atoms with E-state index in [2.05, 4.69) is 10.6 Å². The average Bonchev–Trinajstić information content (AvgIpc) is 2.86. The highest BCUT2D eigenvalue weighted by Crippen LogP contribution is 2.29. The van der Waals surface area contributed by atoms with E-state index < -0.39 is 17.8 Å². The van der Waals surface area contributed by atoms with Gasteiger partial charge in [-0.1, -0.05) is 41.9 Å². The number of hydrogen-bond acceptors (Lipinski definition) is 5. The van der Waals surface area contributed by atoms with Crippen LogP contribution < -0.4 is 20.3 Å². The Morgan fingerprint density at radius 1 is 1.00 bits per heavy atom. The third-order valence-electron chi connectivity index (χ3n) is 6.00. The zero-order valence-corrected chi connectivity index (χ0v) is 21.2. The number of anilines is 2. The van der Waals surface area contributed by atoms with Crippen molar-refractivity contribution >= 4 is 52.8 Å². The molecule has 0 saturated carbocycles. The summed E-state index contributed by atoms with van der Waals surface area (Å²) in [4.78, 5) is 51.5. The Morgan fingerprint density at radius 3 is 2.51 bits per heavy atom. The molecule has 5 amide bonds. The monoisotopic (exact) mass is 517 g/mol. The van der Waals surface area contributed by atoms with Crippen molar-refractivity contribution < 1.29 is 23.9 Å². The molecule has 8 nitrogen and oxygen atoms in total. The van der Waals surface area contributed by atoms with Crippen LogP contribution in [0.5, 0.6) is 5.75 Å². The lowest BCUT2D eigenvalue weighted by Crippen LogP contribution is -2.54. The fourth-order valence-corrected chi connectivity index (χ4v) is 3.97. The second kappa shape index (κ2) is 10.7. The molecular formula is C28H24ClN3O5. The van der Waals surface area contributed by atoms with Crippen LogP contribution in [0, 0.1) is 20.8 Å². The first-order chi connectivity index (χ1) is 17.7. The van der Waals surface area contributed by atoms with Crippen molar-refractivity contribution in [3.63, 3.8) is 0 Å². The molecule has 4 rings (SSSR count). The lowest BCUT2D eigenvalue weighted by Gasteiger charge is -2.27. The van der Waals surface area contributed by atoms with Crippen LogP contribution in [0.3, 0.4) is 0 Å². The normalized spacial score (nSPS) is 14.5. The van der Waals surface area contributed by atoms with E-state index in [1.165, 1.54) is 6.08 Å². The molecule has 1 heterocycles. The summed E-state index contributed by atoms with van der Waals surface area (Å²) in [5, 5.41) is 5.40. The van der Waals surface area contributed by atoms with Crippen LogP contribution in [0.2, 0.25) is 5.02 Å². The van der Waals surface area contributed by atoms with Crippen molar-refractivity contribution in [3.8, 4) is 5.75 Å². The maximum Gasteiger partial charge on any atom is 0.335 e. The standard InChI is InChI=1S/C28H24ClN3O5/c1-16-7-4-11-23(17(16)2)30-25(33)15-37-20-9-5-8-19(13-20)14-21-26(34)31-28(36)32(27(21)35)24-12-6-10-22(29)18(24)3/h4-14H,15H2,1-3H3,(H,30,33)(H,31,34,36)/b21-14-. The van der Waals surface area contributed by atoms with E-state index in [0.29, 0.717) is 27.6 Å². The zero-order chi connectivity index (χ0) is 26.7. The van der Waals surface area contributed by atoms with Crippen molar-refractivity contribution in [2.45, 2.75) is 20.8 Å². The van der Waals surface area contributed by atoms with Gasteiger partial charge in [0.25, 0.3) is 17.7 Å². The molecule has 3 aromatic carbocycles. The zero-order valence-electron chi connectivity index (χ0n) is 20.4. The van der Waals surface area contributed by atoms with E-state index in [4.69, 9.17) is 16.3 Å². The smallest absolute Gasteiger partial charge is 0.335 e. The molecule has 1 saturated heterocycles. The number of urea groups is 1. The fourth-order valence-electron chi connectivity index (χ4n) is 3.80. The molecule has 9 heteroatoms. The van der Waals surface area contributed by atoms with E-state index in [1.807, 2.05) is 32.0 Å². The second-order valence-electron chi connectivity index (χ2n) is 8.50. The predicted octanol–water partition coefficient (Wildman–Crippen LogP) is 4.95. The van der Waals surface area contributed by atoms with Crippen molar-refractivity contribution in [2.75, 3.05) is 16.8 Å². The number of aryl methyl sites for hydroxylation is 1. The summed E-state index contributed by atoms with van der Waals surface area (Å²) in [5.74, 6) is -1.55. The Hall–Kier alpha value is -4.43. The number of barbiturate groups is 1. The van der Waals surface area contributed by atoms with Crippen molar-refractivity contribution in [2.24, 2.45) is 0 Å². The van der Waals surface area contributed by atoms with Gasteiger partial charge >= 0.3 is 6.03 Å². The van der Waals surface area contributed by atoms with Gasteiger partial charge in [-0.15, -0.1) is 0 Å². The minimum atomic E-state index is -0.857. The fraction of sp³-hybridized carbons (Fsp3) is 0.143. The van der Waals surface area contributed by atoms with Gasteiger partial charge in [-0.3, -0.25) is 19.7 Å². The summed E-state index contributed by atoms with van der Waals surface area (Å²) in [6.07, 6.45) is 1.36. The number of nitrogens with zero attached hydrogens (tertiary/aromatic N) is 1. The molecule has 0 atom stereocenters. The molecule has 0 aliphatic carbocycles. The third kappa shape index (κ3) is 5.54. The van der Waals surface area contributed by atoms with Crippen LogP contribution in [-0.2, 0) is 14.4 Å². The first-order valence-electron chi connectivity index (χ1n) is 11.4. The molecule has 37 heavy (non-hydrogen) atoms. The van der Waals surface area contributed by atoms with Crippen LogP contribution in [0.25, 0.3) is 6.08 Å². The van der Waals surface area contributed by atoms with Crippen molar-refractivity contribution in [1.29, 1.82) is 0 Å². The first-order valence-corrected chi connectivity index (χ1v) is 11.8. The quantitative estimate of drug-likeness (QED) is 0.355.